The molecular formula is C48H36N2O14. The number of hydrogen-bond donors (Lipinski definition) is 4. The molecule has 6 aromatic carbocycles. The summed E-state index contributed by atoms with van der Waals surface area (Å²) in [5, 5.41) is 19.0. The van der Waals surface area contributed by atoms with E-state index in [4.69, 9.17) is 20.9 Å². The summed E-state index contributed by atoms with van der Waals surface area (Å²) in [6.45, 7) is 3.51. The molecule has 0 spiro atoms. The first-order chi connectivity index (χ1) is 30.5. The molecule has 2 aromatic heterocycles. The molecule has 0 saturated carbocycles. The Morgan fingerprint density at radius 3 is 1.16 bits per heavy atom. The van der Waals surface area contributed by atoms with Crippen molar-refractivity contribution < 1.29 is 47.7 Å². The van der Waals surface area contributed by atoms with Gasteiger partial charge in [0.05, 0.1) is 32.7 Å². The van der Waals surface area contributed by atoms with Crippen molar-refractivity contribution in [3.05, 3.63) is 196 Å². The van der Waals surface area contributed by atoms with Gasteiger partial charge in [0, 0.05) is 35.3 Å². The van der Waals surface area contributed by atoms with Crippen molar-refractivity contribution in [2.45, 2.75) is 26.7 Å². The zero-order valence-corrected chi connectivity index (χ0v) is 33.9. The van der Waals surface area contributed by atoms with Crippen molar-refractivity contribution in [1.82, 2.24) is 0 Å². The third-order valence-electron chi connectivity index (χ3n) is 9.49. The number of nitrogens with two attached hydrogens (primary N) is 2. The number of aryl methyl sites for hydroxylation is 1. The number of rotatable bonds is 11. The molecule has 0 unspecified atom stereocenters. The van der Waals surface area contributed by atoms with E-state index in [2.05, 4.69) is 8.83 Å². The van der Waals surface area contributed by atoms with Crippen molar-refractivity contribution in [2.24, 2.45) is 0 Å². The summed E-state index contributed by atoms with van der Waals surface area (Å²) >= 11 is 0. The van der Waals surface area contributed by atoms with Gasteiger partial charge in [0.15, 0.2) is 11.6 Å². The lowest BCUT2D eigenvalue weighted by atomic mass is 9.91. The summed E-state index contributed by atoms with van der Waals surface area (Å²) in [6, 6.07) is 33.0. The van der Waals surface area contributed by atoms with E-state index in [9.17, 15) is 48.6 Å². The van der Waals surface area contributed by atoms with Crippen LogP contribution in [0.3, 0.4) is 0 Å². The van der Waals surface area contributed by atoms with E-state index in [-0.39, 0.29) is 45.5 Å². The molecule has 0 amide bonds. The lowest BCUT2D eigenvalue weighted by Gasteiger charge is -2.11. The van der Waals surface area contributed by atoms with Crippen LogP contribution in [0.25, 0.3) is 21.5 Å². The monoisotopic (exact) mass is 864 g/mol. The zero-order valence-electron chi connectivity index (χ0n) is 33.9. The highest BCUT2D eigenvalue weighted by Gasteiger charge is 2.25. The molecule has 64 heavy (non-hydrogen) atoms. The van der Waals surface area contributed by atoms with Crippen LogP contribution in [0.1, 0.15) is 65.9 Å². The van der Waals surface area contributed by atoms with Crippen LogP contribution >= 0.6 is 0 Å². The van der Waals surface area contributed by atoms with Gasteiger partial charge in [0.1, 0.15) is 23.0 Å². The van der Waals surface area contributed by atoms with Gasteiger partial charge in [-0.05, 0) is 110 Å². The fraction of sp³-hybridized carbons (Fsp3) is 0.0833. The maximum absolute atomic E-state index is 12.9. The topological polar surface area (TPSA) is 274 Å². The molecule has 8 aromatic rings. The molecule has 0 aliphatic heterocycles. The first-order valence-electron chi connectivity index (χ1n) is 19.2. The van der Waals surface area contributed by atoms with Gasteiger partial charge in [0.25, 0.3) is 0 Å². The van der Waals surface area contributed by atoms with Crippen LogP contribution in [0.5, 0.6) is 23.0 Å². The Hall–Kier alpha value is -8.92. The number of Topliss-reactive ketones (excluding diaryl/α,β-unsaturated/α-hetero) is 2. The standard InChI is InChI=1S/C26H22O7.C12H12N2O.C10H2O6/c1-3-23(27)19-13-22(26(31)32)20(14-21(19)25(29)30)24(28)12-16-6-10-18(11-7-16)33-17-8-4-15(2)5-9-17;13-9-1-5-11(6-2-9)15-12-7-3-10(14)4-8-12;11-7-3-1-4-6(10(14)16-8(4)12)2-5(3)9(13)15-7/h4-11,13-14H,3,12H2,1-2H3,(H,29,30)(H,31,32);1-8H,13-14H2;1-2H. The number of ketones is 2. The third-order valence-corrected chi connectivity index (χ3v) is 9.49. The highest BCUT2D eigenvalue weighted by molar-refractivity contribution is 6.13. The Balaban J connectivity index is 0.000000180. The number of carbonyl (C=O) groups is 4. The van der Waals surface area contributed by atoms with E-state index in [1.54, 1.807) is 55.5 Å². The van der Waals surface area contributed by atoms with Crippen LogP contribution in [-0.2, 0) is 6.42 Å². The summed E-state index contributed by atoms with van der Waals surface area (Å²) in [6.07, 6.45) is -0.144. The first kappa shape index (κ1) is 44.6. The Bertz CT molecular complexity index is 3060. The number of carboxylic acid groups (broad SMARTS) is 2. The minimum absolute atomic E-state index is 0.00361. The smallest absolute Gasteiger partial charge is 0.346 e. The lowest BCUT2D eigenvalue weighted by Crippen LogP contribution is -2.17. The molecule has 8 rings (SSSR count). The number of anilines is 2. The predicted molar refractivity (Wildman–Crippen MR) is 236 cm³/mol. The molecule has 0 saturated heterocycles. The number of benzene rings is 6. The van der Waals surface area contributed by atoms with E-state index in [0.717, 1.165) is 52.7 Å². The van der Waals surface area contributed by atoms with Gasteiger partial charge in [-0.1, -0.05) is 36.8 Å². The second-order valence-corrected chi connectivity index (χ2v) is 14.0. The Kier molecular flexibility index (Phi) is 13.4. The van der Waals surface area contributed by atoms with Crippen LogP contribution in [-0.4, -0.2) is 33.7 Å². The predicted octanol–water partition coefficient (Wildman–Crippen LogP) is 7.34. The van der Waals surface area contributed by atoms with Crippen molar-refractivity contribution in [3.8, 4) is 23.0 Å². The fourth-order valence-corrected chi connectivity index (χ4v) is 6.18. The fourth-order valence-electron chi connectivity index (χ4n) is 6.18. The highest BCUT2D eigenvalue weighted by Crippen LogP contribution is 2.26. The number of nitrogen functional groups attached to an aromatic ring is 2. The normalized spacial score (nSPS) is 10.6. The summed E-state index contributed by atoms with van der Waals surface area (Å²) in [7, 11) is 0. The molecule has 0 aliphatic carbocycles. The van der Waals surface area contributed by atoms with Crippen molar-refractivity contribution in [2.75, 3.05) is 11.5 Å². The van der Waals surface area contributed by atoms with Gasteiger partial charge in [-0.15, -0.1) is 0 Å². The van der Waals surface area contributed by atoms with E-state index in [1.165, 1.54) is 0 Å². The molecular weight excluding hydrogens is 829 g/mol. The first-order valence-corrected chi connectivity index (χ1v) is 19.2. The Labute approximate surface area is 360 Å². The number of fused-ring (bicyclic) bond motifs is 2. The maximum atomic E-state index is 12.9. The van der Waals surface area contributed by atoms with Gasteiger partial charge < -0.3 is 40.0 Å². The average molecular weight is 865 g/mol. The van der Waals surface area contributed by atoms with E-state index < -0.39 is 57.1 Å². The molecule has 16 heteroatoms. The van der Waals surface area contributed by atoms with Crippen LogP contribution in [0.15, 0.2) is 149 Å². The molecule has 322 valence electrons. The van der Waals surface area contributed by atoms with Gasteiger partial charge in [-0.3, -0.25) is 9.59 Å². The van der Waals surface area contributed by atoms with Gasteiger partial charge >= 0.3 is 34.4 Å². The largest absolute Gasteiger partial charge is 0.478 e. The summed E-state index contributed by atoms with van der Waals surface area (Å²) in [4.78, 5) is 93.1. The maximum Gasteiger partial charge on any atom is 0.346 e. The highest BCUT2D eigenvalue weighted by atomic mass is 16.5. The molecule has 16 nitrogen and oxygen atoms in total. The second-order valence-electron chi connectivity index (χ2n) is 14.0. The average Bonchev–Trinajstić information content (AvgIpc) is 3.73. The Morgan fingerprint density at radius 1 is 0.484 bits per heavy atom. The molecule has 6 N–H and O–H groups in total. The molecule has 0 bridgehead atoms. The second kappa shape index (κ2) is 19.2. The summed E-state index contributed by atoms with van der Waals surface area (Å²) in [5.41, 5.74) is 9.71. The number of furan rings is 2. The SMILES string of the molecule is CCC(=O)c1cc(C(=O)O)c(C(=O)Cc2ccc(Oc3ccc(C)cc3)cc2)cc1C(=O)O.Nc1ccc(Oc2ccc(N)cc2)cc1.O=c1oc(=O)c2cc3c(=O)oc(=O)c3cc12. The summed E-state index contributed by atoms with van der Waals surface area (Å²) in [5.74, 6) is -1.16. The lowest BCUT2D eigenvalue weighted by molar-refractivity contribution is 0.0676. The summed E-state index contributed by atoms with van der Waals surface area (Å²) < 4.78 is 20.0. The molecule has 2 heterocycles. The van der Waals surface area contributed by atoms with Gasteiger partial charge in [-0.2, -0.15) is 0 Å². The van der Waals surface area contributed by atoms with Crippen LogP contribution in [0.2, 0.25) is 0 Å². The van der Waals surface area contributed by atoms with E-state index in [1.807, 2.05) is 55.5 Å². The van der Waals surface area contributed by atoms with Crippen molar-refractivity contribution in [3.63, 3.8) is 0 Å². The molecule has 0 atom stereocenters. The number of carbonyl (C=O) groups excluding carboxylic acids is 2. The van der Waals surface area contributed by atoms with Gasteiger partial charge in [-0.25, -0.2) is 28.8 Å². The van der Waals surface area contributed by atoms with Crippen LogP contribution < -0.4 is 43.4 Å². The quantitative estimate of drug-likeness (QED) is 0.0731. The minimum atomic E-state index is -1.41. The van der Waals surface area contributed by atoms with E-state index in [0.29, 0.717) is 17.1 Å². The number of carboxylic acids is 2. The Morgan fingerprint density at radius 2 is 0.812 bits per heavy atom. The molecule has 0 aliphatic rings. The number of aromatic carboxylic acids is 2. The van der Waals surface area contributed by atoms with Crippen molar-refractivity contribution >= 4 is 56.4 Å². The number of hydrogen-bond acceptors (Lipinski definition) is 14. The minimum Gasteiger partial charge on any atom is -0.478 e. The number of ether oxygens (including phenoxy) is 2. The van der Waals surface area contributed by atoms with Crippen molar-refractivity contribution in [1.29, 1.82) is 0 Å². The van der Waals surface area contributed by atoms with E-state index >= 15 is 0 Å². The zero-order chi connectivity index (χ0) is 46.2. The van der Waals surface area contributed by atoms with Crippen LogP contribution in [0, 0.1) is 6.92 Å². The third kappa shape index (κ3) is 10.5. The molecule has 0 fully saturated rings. The molecule has 0 radical (unpaired) electrons. The van der Waals surface area contributed by atoms with Gasteiger partial charge in [0.2, 0.25) is 0 Å². The van der Waals surface area contributed by atoms with Crippen LogP contribution in [0.4, 0.5) is 11.4 Å².